The number of thiol groups is 1. The molecule has 0 saturated heterocycles. The van der Waals surface area contributed by atoms with Gasteiger partial charge in [0.15, 0.2) is 0 Å². The Hall–Kier alpha value is -0.300. The lowest BCUT2D eigenvalue weighted by atomic mass is 10.1. The predicted octanol–water partition coefficient (Wildman–Crippen LogP) is 2.98. The van der Waals surface area contributed by atoms with E-state index in [0.717, 1.165) is 38.9 Å². The molecule has 5 heteroatoms. The minimum absolute atomic E-state index is 0.264. The van der Waals surface area contributed by atoms with E-state index < -0.39 is 0 Å². The molecule has 0 spiro atoms. The minimum Gasteiger partial charge on any atom is -0.258 e. The molecule has 1 aromatic rings. The zero-order valence-electron chi connectivity index (χ0n) is 7.29. The Balaban J connectivity index is 2.70. The molecule has 0 bridgehead atoms. The summed E-state index contributed by atoms with van der Waals surface area (Å²) in [5, 5.41) is 10.8. The van der Waals surface area contributed by atoms with Crippen molar-refractivity contribution >= 4 is 40.9 Å². The monoisotopic (exact) mass is 321 g/mol. The molecule has 1 aliphatic rings. The summed E-state index contributed by atoms with van der Waals surface area (Å²) in [5.74, 6) is 0. The lowest BCUT2D eigenvalue weighted by Crippen LogP contribution is -1.97. The van der Waals surface area contributed by atoms with Gasteiger partial charge in [-0.2, -0.15) is 0 Å². The quantitative estimate of drug-likeness (QED) is 0.374. The highest BCUT2D eigenvalue weighted by Crippen LogP contribution is 2.37. The zero-order valence-corrected chi connectivity index (χ0v) is 10.3. The van der Waals surface area contributed by atoms with Gasteiger partial charge >= 0.3 is 0 Å². The van der Waals surface area contributed by atoms with Crippen LogP contribution in [0.25, 0.3) is 0 Å². The van der Waals surface area contributed by atoms with Crippen molar-refractivity contribution in [1.29, 1.82) is 0 Å². The molecule has 1 aliphatic carbocycles. The lowest BCUT2D eigenvalue weighted by molar-refractivity contribution is -0.385. The number of nitro groups is 1. The van der Waals surface area contributed by atoms with Crippen LogP contribution in [0, 0.1) is 13.7 Å². The van der Waals surface area contributed by atoms with Gasteiger partial charge in [-0.1, -0.05) is 0 Å². The van der Waals surface area contributed by atoms with Crippen molar-refractivity contribution in [3.63, 3.8) is 0 Å². The SMILES string of the molecule is O=[N+]([O-])c1cc(I)c(S)c2c1CCC2. The molecule has 1 aromatic carbocycles. The second-order valence-electron chi connectivity index (χ2n) is 3.29. The third kappa shape index (κ3) is 1.52. The van der Waals surface area contributed by atoms with E-state index in [1.807, 2.05) is 0 Å². The first-order valence-electron chi connectivity index (χ1n) is 4.29. The molecular formula is C9H8INO2S. The Morgan fingerprint density at radius 1 is 1.43 bits per heavy atom. The molecule has 0 amide bonds. The van der Waals surface area contributed by atoms with Crippen LogP contribution in [-0.2, 0) is 12.8 Å². The van der Waals surface area contributed by atoms with E-state index in [1.54, 1.807) is 6.07 Å². The summed E-state index contributed by atoms with van der Waals surface area (Å²) in [6, 6.07) is 1.62. The van der Waals surface area contributed by atoms with Crippen molar-refractivity contribution in [3.05, 3.63) is 30.9 Å². The summed E-state index contributed by atoms with van der Waals surface area (Å²) in [6.07, 6.45) is 2.74. The smallest absolute Gasteiger partial charge is 0.258 e. The van der Waals surface area contributed by atoms with Crippen molar-refractivity contribution < 1.29 is 4.92 Å². The highest BCUT2D eigenvalue weighted by atomic mass is 127. The average Bonchev–Trinajstić information content (AvgIpc) is 2.59. The molecule has 0 fully saturated rings. The molecule has 3 nitrogen and oxygen atoms in total. The molecule has 0 N–H and O–H groups in total. The second kappa shape index (κ2) is 3.69. The van der Waals surface area contributed by atoms with Gasteiger partial charge in [-0.05, 0) is 47.4 Å². The molecule has 0 aliphatic heterocycles. The lowest BCUT2D eigenvalue weighted by Gasteiger charge is -2.06. The van der Waals surface area contributed by atoms with Gasteiger partial charge in [0.05, 0.1) is 4.92 Å². The number of halogens is 1. The Kier molecular flexibility index (Phi) is 2.70. The Labute approximate surface area is 101 Å². The molecule has 14 heavy (non-hydrogen) atoms. The molecule has 74 valence electrons. The number of hydrogen-bond donors (Lipinski definition) is 1. The van der Waals surface area contributed by atoms with Gasteiger partial charge in [-0.3, -0.25) is 10.1 Å². The van der Waals surface area contributed by atoms with Crippen molar-refractivity contribution in [1.82, 2.24) is 0 Å². The molecule has 0 unspecified atom stereocenters. The Morgan fingerprint density at radius 3 is 2.71 bits per heavy atom. The van der Waals surface area contributed by atoms with Crippen LogP contribution in [0.2, 0.25) is 0 Å². The number of hydrogen-bond acceptors (Lipinski definition) is 3. The number of nitrogens with zero attached hydrogens (tertiary/aromatic N) is 1. The summed E-state index contributed by atoms with van der Waals surface area (Å²) in [4.78, 5) is 11.4. The van der Waals surface area contributed by atoms with Crippen LogP contribution >= 0.6 is 35.2 Å². The molecule has 0 aromatic heterocycles. The fraction of sp³-hybridized carbons (Fsp3) is 0.333. The van der Waals surface area contributed by atoms with Crippen LogP contribution in [-0.4, -0.2) is 4.92 Å². The standard InChI is InChI=1S/C9H8INO2S/c10-7-4-8(11(12)13)5-2-1-3-6(5)9(7)14/h4,14H,1-3H2. The van der Waals surface area contributed by atoms with Gasteiger partial charge in [-0.25, -0.2) is 0 Å². The van der Waals surface area contributed by atoms with E-state index >= 15 is 0 Å². The molecule has 0 atom stereocenters. The van der Waals surface area contributed by atoms with Crippen molar-refractivity contribution in [2.45, 2.75) is 24.2 Å². The summed E-state index contributed by atoms with van der Waals surface area (Å²) in [5.41, 5.74) is 2.23. The summed E-state index contributed by atoms with van der Waals surface area (Å²) >= 11 is 6.48. The number of rotatable bonds is 1. The largest absolute Gasteiger partial charge is 0.273 e. The van der Waals surface area contributed by atoms with Gasteiger partial charge in [0.2, 0.25) is 0 Å². The normalized spacial score (nSPS) is 14.1. The first kappa shape index (κ1) is 10.2. The van der Waals surface area contributed by atoms with E-state index in [2.05, 4.69) is 35.2 Å². The van der Waals surface area contributed by atoms with Crippen LogP contribution in [0.1, 0.15) is 17.5 Å². The van der Waals surface area contributed by atoms with Crippen molar-refractivity contribution in [3.8, 4) is 0 Å². The summed E-state index contributed by atoms with van der Waals surface area (Å²) in [7, 11) is 0. The third-order valence-corrected chi connectivity index (χ3v) is 4.29. The van der Waals surface area contributed by atoms with E-state index in [1.165, 1.54) is 0 Å². The van der Waals surface area contributed by atoms with E-state index in [9.17, 15) is 10.1 Å². The fourth-order valence-electron chi connectivity index (χ4n) is 1.87. The van der Waals surface area contributed by atoms with Crippen LogP contribution in [0.4, 0.5) is 5.69 Å². The van der Waals surface area contributed by atoms with Crippen LogP contribution in [0.15, 0.2) is 11.0 Å². The van der Waals surface area contributed by atoms with Gasteiger partial charge in [0.1, 0.15) is 0 Å². The molecule has 0 radical (unpaired) electrons. The van der Waals surface area contributed by atoms with E-state index in [4.69, 9.17) is 0 Å². The Bertz CT molecular complexity index is 420. The minimum atomic E-state index is -0.292. The second-order valence-corrected chi connectivity index (χ2v) is 4.90. The predicted molar refractivity (Wildman–Crippen MR) is 65.1 cm³/mol. The van der Waals surface area contributed by atoms with Crippen molar-refractivity contribution in [2.24, 2.45) is 0 Å². The maximum absolute atomic E-state index is 10.8. The van der Waals surface area contributed by atoms with Gasteiger partial charge in [-0.15, -0.1) is 12.6 Å². The van der Waals surface area contributed by atoms with Crippen molar-refractivity contribution in [2.75, 3.05) is 0 Å². The molecule has 2 rings (SSSR count). The Morgan fingerprint density at radius 2 is 2.07 bits per heavy atom. The molecule has 0 heterocycles. The van der Waals surface area contributed by atoms with Gasteiger partial charge in [0, 0.05) is 20.1 Å². The van der Waals surface area contributed by atoms with Crippen LogP contribution in [0.5, 0.6) is 0 Å². The third-order valence-electron chi connectivity index (χ3n) is 2.50. The maximum atomic E-state index is 10.8. The average molecular weight is 321 g/mol. The summed E-state index contributed by atoms with van der Waals surface area (Å²) in [6.45, 7) is 0. The first-order valence-corrected chi connectivity index (χ1v) is 5.81. The van der Waals surface area contributed by atoms with Gasteiger partial charge < -0.3 is 0 Å². The summed E-state index contributed by atoms with van der Waals surface area (Å²) < 4.78 is 0.873. The van der Waals surface area contributed by atoms with Crippen LogP contribution < -0.4 is 0 Å². The van der Waals surface area contributed by atoms with Gasteiger partial charge in [0.25, 0.3) is 5.69 Å². The maximum Gasteiger partial charge on any atom is 0.273 e. The topological polar surface area (TPSA) is 43.1 Å². The number of benzene rings is 1. The molecular weight excluding hydrogens is 313 g/mol. The van der Waals surface area contributed by atoms with Crippen LogP contribution in [0.3, 0.4) is 0 Å². The number of nitro benzene ring substituents is 1. The fourth-order valence-corrected chi connectivity index (χ4v) is 2.80. The number of fused-ring (bicyclic) bond motifs is 1. The first-order chi connectivity index (χ1) is 6.61. The highest BCUT2D eigenvalue weighted by Gasteiger charge is 2.25. The zero-order chi connectivity index (χ0) is 10.3. The highest BCUT2D eigenvalue weighted by molar-refractivity contribution is 14.1. The van der Waals surface area contributed by atoms with E-state index in [-0.39, 0.29) is 10.6 Å². The molecule has 0 saturated carbocycles. The van der Waals surface area contributed by atoms with E-state index in [0.29, 0.717) is 0 Å².